The average Bonchev–Trinajstić information content (AvgIpc) is 2.47. The number of nitrogens with one attached hydrogen (secondary N) is 1. The van der Waals surface area contributed by atoms with E-state index in [9.17, 15) is 0 Å². The van der Waals surface area contributed by atoms with Gasteiger partial charge in [0.2, 0.25) is 0 Å². The molecule has 0 radical (unpaired) electrons. The van der Waals surface area contributed by atoms with E-state index in [-0.39, 0.29) is 0 Å². The van der Waals surface area contributed by atoms with Crippen LogP contribution in [0.2, 0.25) is 0 Å². The van der Waals surface area contributed by atoms with Crippen LogP contribution in [0.25, 0.3) is 0 Å². The Bertz CT molecular complexity index is 385. The number of rotatable bonds is 7. The van der Waals surface area contributed by atoms with Gasteiger partial charge in [0.05, 0.1) is 6.61 Å². The summed E-state index contributed by atoms with van der Waals surface area (Å²) in [6.45, 7) is 2.91. The molecule has 0 heterocycles. The van der Waals surface area contributed by atoms with Crippen molar-refractivity contribution in [1.29, 1.82) is 0 Å². The van der Waals surface area contributed by atoms with E-state index in [1.165, 1.54) is 44.1 Å². The van der Waals surface area contributed by atoms with E-state index in [1.54, 1.807) is 0 Å². The van der Waals surface area contributed by atoms with Crippen LogP contribution in [-0.2, 0) is 0 Å². The van der Waals surface area contributed by atoms with Crippen LogP contribution in [0.1, 0.15) is 50.5 Å². The van der Waals surface area contributed by atoms with Crippen LogP contribution < -0.4 is 10.1 Å². The van der Waals surface area contributed by atoms with Crippen LogP contribution >= 0.6 is 0 Å². The molecule has 1 fully saturated rings. The first-order chi connectivity index (χ1) is 9.78. The van der Waals surface area contributed by atoms with Gasteiger partial charge < -0.3 is 10.1 Å². The van der Waals surface area contributed by atoms with Gasteiger partial charge in [-0.15, -0.1) is 0 Å². The van der Waals surface area contributed by atoms with E-state index in [4.69, 9.17) is 4.74 Å². The van der Waals surface area contributed by atoms with Crippen molar-refractivity contribution < 1.29 is 4.74 Å². The van der Waals surface area contributed by atoms with Crippen molar-refractivity contribution in [2.45, 2.75) is 57.9 Å². The number of hydrogen-bond acceptors (Lipinski definition) is 2. The maximum Gasteiger partial charge on any atom is 0.119 e. The van der Waals surface area contributed by atoms with E-state index in [0.717, 1.165) is 24.7 Å². The van der Waals surface area contributed by atoms with Crippen molar-refractivity contribution in [2.75, 3.05) is 13.7 Å². The zero-order chi connectivity index (χ0) is 14.2. The Hall–Kier alpha value is -1.02. The predicted molar refractivity (Wildman–Crippen MR) is 85.3 cm³/mol. The Morgan fingerprint density at radius 1 is 1.25 bits per heavy atom. The molecule has 1 unspecified atom stereocenters. The third-order valence-electron chi connectivity index (χ3n) is 4.48. The maximum absolute atomic E-state index is 5.87. The number of hydrogen-bond donors (Lipinski definition) is 1. The lowest BCUT2D eigenvalue weighted by atomic mass is 9.84. The monoisotopic (exact) mass is 275 g/mol. The first-order valence-corrected chi connectivity index (χ1v) is 8.14. The minimum Gasteiger partial charge on any atom is -0.494 e. The maximum atomic E-state index is 5.87. The summed E-state index contributed by atoms with van der Waals surface area (Å²) >= 11 is 0. The molecule has 1 saturated carbocycles. The largest absolute Gasteiger partial charge is 0.494 e. The van der Waals surface area contributed by atoms with E-state index in [2.05, 4.69) is 37.5 Å². The molecule has 0 amide bonds. The molecule has 0 bridgehead atoms. The lowest BCUT2D eigenvalue weighted by molar-refractivity contribution is 0.252. The second-order valence-electron chi connectivity index (χ2n) is 6.18. The van der Waals surface area contributed by atoms with Crippen LogP contribution in [0.15, 0.2) is 24.3 Å². The van der Waals surface area contributed by atoms with Gasteiger partial charge in [0, 0.05) is 6.04 Å². The Balaban J connectivity index is 1.70. The quantitative estimate of drug-likeness (QED) is 0.800. The molecule has 1 aromatic rings. The van der Waals surface area contributed by atoms with E-state index >= 15 is 0 Å². The van der Waals surface area contributed by atoms with E-state index in [1.807, 2.05) is 6.07 Å². The van der Waals surface area contributed by atoms with Crippen LogP contribution in [0.4, 0.5) is 0 Å². The van der Waals surface area contributed by atoms with Gasteiger partial charge in [0.1, 0.15) is 5.75 Å². The topological polar surface area (TPSA) is 21.3 Å². The Morgan fingerprint density at radius 3 is 2.75 bits per heavy atom. The first kappa shape index (κ1) is 15.4. The summed E-state index contributed by atoms with van der Waals surface area (Å²) in [6.07, 6.45) is 9.57. The van der Waals surface area contributed by atoms with Crippen molar-refractivity contribution >= 4 is 0 Å². The summed E-state index contributed by atoms with van der Waals surface area (Å²) in [7, 11) is 2.08. The second kappa shape index (κ2) is 8.31. The zero-order valence-electron chi connectivity index (χ0n) is 13.0. The third-order valence-corrected chi connectivity index (χ3v) is 4.48. The predicted octanol–water partition coefficient (Wildman–Crippen LogP) is 4.32. The highest BCUT2D eigenvalue weighted by molar-refractivity contribution is 5.27. The zero-order valence-corrected chi connectivity index (χ0v) is 13.0. The van der Waals surface area contributed by atoms with Gasteiger partial charge in [-0.25, -0.2) is 0 Å². The van der Waals surface area contributed by atoms with Gasteiger partial charge in [-0.05, 0) is 50.4 Å². The minimum absolute atomic E-state index is 0.600. The van der Waals surface area contributed by atoms with Crippen molar-refractivity contribution in [1.82, 2.24) is 5.32 Å². The van der Waals surface area contributed by atoms with Gasteiger partial charge in [0.15, 0.2) is 0 Å². The molecule has 112 valence electrons. The van der Waals surface area contributed by atoms with Gasteiger partial charge in [0.25, 0.3) is 0 Å². The third kappa shape index (κ3) is 5.16. The summed E-state index contributed by atoms with van der Waals surface area (Å²) in [5.41, 5.74) is 1.26. The molecular weight excluding hydrogens is 246 g/mol. The molecule has 20 heavy (non-hydrogen) atoms. The molecule has 2 heteroatoms. The molecule has 0 aliphatic heterocycles. The summed E-state index contributed by atoms with van der Waals surface area (Å²) in [5, 5.41) is 3.47. The fourth-order valence-corrected chi connectivity index (χ4v) is 3.23. The molecule has 1 atom stereocenters. The van der Waals surface area contributed by atoms with Crippen LogP contribution in [0.5, 0.6) is 5.75 Å². The van der Waals surface area contributed by atoms with Crippen molar-refractivity contribution in [3.63, 3.8) is 0 Å². The fraction of sp³-hybridized carbons (Fsp3) is 0.667. The summed E-state index contributed by atoms with van der Waals surface area (Å²) in [4.78, 5) is 0. The van der Waals surface area contributed by atoms with Crippen LogP contribution in [-0.4, -0.2) is 19.7 Å². The molecular formula is C18H29NO. The SMILES string of the molecule is CNC(CCOc1cccc(C)c1)CC1CCCCC1. The Morgan fingerprint density at radius 2 is 2.05 bits per heavy atom. The molecule has 1 aliphatic carbocycles. The van der Waals surface area contributed by atoms with Crippen LogP contribution in [0.3, 0.4) is 0 Å². The molecule has 0 spiro atoms. The highest BCUT2D eigenvalue weighted by Gasteiger charge is 2.17. The van der Waals surface area contributed by atoms with E-state index < -0.39 is 0 Å². The summed E-state index contributed by atoms with van der Waals surface area (Å²) in [5.74, 6) is 1.93. The lowest BCUT2D eigenvalue weighted by Gasteiger charge is -2.26. The van der Waals surface area contributed by atoms with E-state index in [0.29, 0.717) is 6.04 Å². The molecule has 1 aliphatic rings. The van der Waals surface area contributed by atoms with Gasteiger partial charge in [-0.2, -0.15) is 0 Å². The molecule has 2 nitrogen and oxygen atoms in total. The average molecular weight is 275 g/mol. The van der Waals surface area contributed by atoms with Gasteiger partial charge >= 0.3 is 0 Å². The van der Waals surface area contributed by atoms with Crippen molar-refractivity contribution in [2.24, 2.45) is 5.92 Å². The van der Waals surface area contributed by atoms with Gasteiger partial charge in [-0.1, -0.05) is 44.2 Å². The molecule has 0 saturated heterocycles. The lowest BCUT2D eigenvalue weighted by Crippen LogP contribution is -2.30. The Labute approximate surface area is 123 Å². The molecule has 0 aromatic heterocycles. The number of benzene rings is 1. The molecule has 2 rings (SSSR count). The standard InChI is InChI=1S/C18H29NO/c1-15-7-6-10-18(13-15)20-12-11-17(19-2)14-16-8-4-3-5-9-16/h6-7,10,13,16-17,19H,3-5,8-9,11-12,14H2,1-2H3. The first-order valence-electron chi connectivity index (χ1n) is 8.14. The summed E-state index contributed by atoms with van der Waals surface area (Å²) < 4.78 is 5.87. The number of ether oxygens (including phenoxy) is 1. The van der Waals surface area contributed by atoms with Crippen LogP contribution in [0, 0.1) is 12.8 Å². The Kier molecular flexibility index (Phi) is 6.38. The van der Waals surface area contributed by atoms with Crippen molar-refractivity contribution in [3.05, 3.63) is 29.8 Å². The highest BCUT2D eigenvalue weighted by atomic mass is 16.5. The second-order valence-corrected chi connectivity index (χ2v) is 6.18. The fourth-order valence-electron chi connectivity index (χ4n) is 3.23. The molecule has 1 aromatic carbocycles. The minimum atomic E-state index is 0.600. The summed E-state index contributed by atoms with van der Waals surface area (Å²) in [6, 6.07) is 8.91. The smallest absolute Gasteiger partial charge is 0.119 e. The highest BCUT2D eigenvalue weighted by Crippen LogP contribution is 2.27. The number of aryl methyl sites for hydroxylation is 1. The normalized spacial score (nSPS) is 17.9. The molecule has 1 N–H and O–H groups in total. The van der Waals surface area contributed by atoms with Gasteiger partial charge in [-0.3, -0.25) is 0 Å². The van der Waals surface area contributed by atoms with Crippen molar-refractivity contribution in [3.8, 4) is 5.75 Å².